The fourth-order valence-electron chi connectivity index (χ4n) is 1.54. The van der Waals surface area contributed by atoms with E-state index in [1.807, 2.05) is 31.2 Å². The standard InChI is InChI=1S/C10H9NO/c1-7-9(6-11)8-4-2-3-5-10(8)12-7/h2-5,7,9H,1H3. The molecule has 60 valence electrons. The van der Waals surface area contributed by atoms with Crippen LogP contribution in [0.5, 0.6) is 5.75 Å². The van der Waals surface area contributed by atoms with Gasteiger partial charge < -0.3 is 4.74 Å². The van der Waals surface area contributed by atoms with Gasteiger partial charge >= 0.3 is 0 Å². The van der Waals surface area contributed by atoms with Gasteiger partial charge in [0, 0.05) is 5.56 Å². The number of ether oxygens (including phenoxy) is 1. The lowest BCUT2D eigenvalue weighted by Gasteiger charge is -2.04. The van der Waals surface area contributed by atoms with Gasteiger partial charge in [-0.1, -0.05) is 18.2 Å². The maximum atomic E-state index is 8.85. The number of para-hydroxylation sites is 1. The highest BCUT2D eigenvalue weighted by Crippen LogP contribution is 2.36. The highest BCUT2D eigenvalue weighted by atomic mass is 16.5. The van der Waals surface area contributed by atoms with Gasteiger partial charge in [-0.3, -0.25) is 0 Å². The first-order valence-electron chi connectivity index (χ1n) is 3.98. The number of rotatable bonds is 0. The minimum Gasteiger partial charge on any atom is -0.489 e. The predicted octanol–water partition coefficient (Wildman–Crippen LogP) is 2.07. The molecule has 2 rings (SSSR count). The van der Waals surface area contributed by atoms with E-state index < -0.39 is 0 Å². The SMILES string of the molecule is CC1Oc2ccccc2C1C#N. The Labute approximate surface area is 71.4 Å². The van der Waals surface area contributed by atoms with Crippen molar-refractivity contribution < 1.29 is 4.74 Å². The van der Waals surface area contributed by atoms with Crippen molar-refractivity contribution in [3.05, 3.63) is 29.8 Å². The van der Waals surface area contributed by atoms with E-state index in [0.717, 1.165) is 11.3 Å². The summed E-state index contributed by atoms with van der Waals surface area (Å²) in [5.41, 5.74) is 1.02. The van der Waals surface area contributed by atoms with E-state index in [2.05, 4.69) is 6.07 Å². The number of hydrogen-bond acceptors (Lipinski definition) is 2. The van der Waals surface area contributed by atoms with Crippen molar-refractivity contribution in [2.75, 3.05) is 0 Å². The lowest BCUT2D eigenvalue weighted by Crippen LogP contribution is -2.11. The third-order valence-corrected chi connectivity index (χ3v) is 2.18. The van der Waals surface area contributed by atoms with Crippen LogP contribution in [0.25, 0.3) is 0 Å². The molecule has 2 atom stereocenters. The van der Waals surface area contributed by atoms with Gasteiger partial charge in [0.1, 0.15) is 17.8 Å². The van der Waals surface area contributed by atoms with Crippen molar-refractivity contribution >= 4 is 0 Å². The van der Waals surface area contributed by atoms with Crippen LogP contribution in [0.4, 0.5) is 0 Å². The monoisotopic (exact) mass is 159 g/mol. The summed E-state index contributed by atoms with van der Waals surface area (Å²) < 4.78 is 5.49. The molecule has 0 aromatic heterocycles. The summed E-state index contributed by atoms with van der Waals surface area (Å²) in [4.78, 5) is 0. The van der Waals surface area contributed by atoms with E-state index in [9.17, 15) is 0 Å². The maximum Gasteiger partial charge on any atom is 0.124 e. The van der Waals surface area contributed by atoms with Crippen molar-refractivity contribution in [3.63, 3.8) is 0 Å². The molecular formula is C10H9NO. The molecule has 12 heavy (non-hydrogen) atoms. The molecule has 1 aromatic carbocycles. The number of hydrogen-bond donors (Lipinski definition) is 0. The summed E-state index contributed by atoms with van der Waals surface area (Å²) in [7, 11) is 0. The summed E-state index contributed by atoms with van der Waals surface area (Å²) >= 11 is 0. The van der Waals surface area contributed by atoms with Crippen LogP contribution in [0.3, 0.4) is 0 Å². The molecule has 2 heteroatoms. The zero-order chi connectivity index (χ0) is 8.55. The first kappa shape index (κ1) is 7.17. The quantitative estimate of drug-likeness (QED) is 0.580. The Morgan fingerprint density at radius 1 is 1.42 bits per heavy atom. The van der Waals surface area contributed by atoms with Crippen LogP contribution in [0.15, 0.2) is 24.3 Å². The summed E-state index contributed by atoms with van der Waals surface area (Å²) in [6.07, 6.45) is -0.00704. The molecule has 2 nitrogen and oxygen atoms in total. The molecular weight excluding hydrogens is 150 g/mol. The topological polar surface area (TPSA) is 33.0 Å². The summed E-state index contributed by atoms with van der Waals surface area (Å²) in [5, 5.41) is 8.85. The fourth-order valence-corrected chi connectivity index (χ4v) is 1.54. The number of fused-ring (bicyclic) bond motifs is 1. The second-order valence-electron chi connectivity index (χ2n) is 2.97. The van der Waals surface area contributed by atoms with Gasteiger partial charge in [0.15, 0.2) is 0 Å². The molecule has 0 N–H and O–H groups in total. The lowest BCUT2D eigenvalue weighted by atomic mass is 9.98. The van der Waals surface area contributed by atoms with Crippen molar-refractivity contribution in [1.82, 2.24) is 0 Å². The molecule has 1 aliphatic rings. The van der Waals surface area contributed by atoms with Gasteiger partial charge in [-0.25, -0.2) is 0 Å². The fraction of sp³-hybridized carbons (Fsp3) is 0.300. The number of benzene rings is 1. The Kier molecular flexibility index (Phi) is 1.51. The van der Waals surface area contributed by atoms with Crippen LogP contribution in [0, 0.1) is 11.3 Å². The molecule has 0 aliphatic carbocycles. The van der Waals surface area contributed by atoms with Gasteiger partial charge in [0.25, 0.3) is 0 Å². The molecule has 0 radical (unpaired) electrons. The van der Waals surface area contributed by atoms with E-state index in [0.29, 0.717) is 0 Å². The highest BCUT2D eigenvalue weighted by molar-refractivity contribution is 5.43. The van der Waals surface area contributed by atoms with Crippen LogP contribution in [-0.4, -0.2) is 6.10 Å². The lowest BCUT2D eigenvalue weighted by molar-refractivity contribution is 0.243. The van der Waals surface area contributed by atoms with Crippen molar-refractivity contribution in [2.45, 2.75) is 18.9 Å². The molecule has 2 unspecified atom stereocenters. The molecule has 0 saturated heterocycles. The number of nitrogens with zero attached hydrogens (tertiary/aromatic N) is 1. The van der Waals surface area contributed by atoms with Gasteiger partial charge in [-0.05, 0) is 13.0 Å². The van der Waals surface area contributed by atoms with Crippen molar-refractivity contribution in [1.29, 1.82) is 5.26 Å². The zero-order valence-corrected chi connectivity index (χ0v) is 6.82. The molecule has 1 aliphatic heterocycles. The van der Waals surface area contributed by atoms with E-state index in [-0.39, 0.29) is 12.0 Å². The second-order valence-corrected chi connectivity index (χ2v) is 2.97. The third kappa shape index (κ3) is 0.868. The largest absolute Gasteiger partial charge is 0.489 e. The van der Waals surface area contributed by atoms with Crippen LogP contribution in [0.1, 0.15) is 18.4 Å². The van der Waals surface area contributed by atoms with Gasteiger partial charge in [0.05, 0.1) is 6.07 Å². The first-order valence-corrected chi connectivity index (χ1v) is 3.98. The summed E-state index contributed by atoms with van der Waals surface area (Å²) in [6.45, 7) is 1.92. The Bertz CT molecular complexity index is 340. The molecule has 1 aromatic rings. The van der Waals surface area contributed by atoms with Crippen LogP contribution in [0.2, 0.25) is 0 Å². The highest BCUT2D eigenvalue weighted by Gasteiger charge is 2.30. The molecule has 0 bridgehead atoms. The van der Waals surface area contributed by atoms with E-state index in [4.69, 9.17) is 10.00 Å². The van der Waals surface area contributed by atoms with E-state index in [1.165, 1.54) is 0 Å². The zero-order valence-electron chi connectivity index (χ0n) is 6.82. The van der Waals surface area contributed by atoms with E-state index >= 15 is 0 Å². The smallest absolute Gasteiger partial charge is 0.124 e. The minimum atomic E-state index is -0.0961. The normalized spacial score (nSPS) is 25.7. The van der Waals surface area contributed by atoms with Crippen LogP contribution >= 0.6 is 0 Å². The summed E-state index contributed by atoms with van der Waals surface area (Å²) in [5.74, 6) is 0.762. The Morgan fingerprint density at radius 2 is 2.17 bits per heavy atom. The average molecular weight is 159 g/mol. The Hall–Kier alpha value is -1.49. The molecule has 0 saturated carbocycles. The van der Waals surface area contributed by atoms with Gasteiger partial charge in [0.2, 0.25) is 0 Å². The van der Waals surface area contributed by atoms with E-state index in [1.54, 1.807) is 0 Å². The predicted molar refractivity (Wildman–Crippen MR) is 44.9 cm³/mol. The maximum absolute atomic E-state index is 8.85. The molecule has 0 fully saturated rings. The molecule has 0 amide bonds. The Morgan fingerprint density at radius 3 is 2.92 bits per heavy atom. The van der Waals surface area contributed by atoms with Gasteiger partial charge in [-0.2, -0.15) is 5.26 Å². The summed E-state index contributed by atoms with van der Waals surface area (Å²) in [6, 6.07) is 9.96. The van der Waals surface area contributed by atoms with Crippen molar-refractivity contribution in [3.8, 4) is 11.8 Å². The van der Waals surface area contributed by atoms with Crippen LogP contribution < -0.4 is 4.74 Å². The second kappa shape index (κ2) is 2.53. The molecule has 1 heterocycles. The van der Waals surface area contributed by atoms with Crippen LogP contribution in [-0.2, 0) is 0 Å². The third-order valence-electron chi connectivity index (χ3n) is 2.18. The number of nitriles is 1. The van der Waals surface area contributed by atoms with Gasteiger partial charge in [-0.15, -0.1) is 0 Å². The van der Waals surface area contributed by atoms with Crippen molar-refractivity contribution in [2.24, 2.45) is 0 Å². The Balaban J connectivity index is 2.49. The molecule has 0 spiro atoms. The average Bonchev–Trinajstić information content (AvgIpc) is 2.40. The first-order chi connectivity index (χ1) is 5.83. The minimum absolute atomic E-state index is 0.00704.